The Morgan fingerprint density at radius 1 is 1.03 bits per heavy atom. The maximum Gasteiger partial charge on any atom is 0.325 e. The average Bonchev–Trinajstić information content (AvgIpc) is 3.38. The molecule has 0 radical (unpaired) electrons. The summed E-state index contributed by atoms with van der Waals surface area (Å²) in [6, 6.07) is 20.3. The third-order valence-electron chi connectivity index (χ3n) is 5.69. The number of nitrogens with one attached hydrogen (secondary N) is 1. The van der Waals surface area contributed by atoms with Crippen LogP contribution in [-0.2, 0) is 16.9 Å². The number of carbonyl (C=O) groups excluding carboxylic acids is 2. The van der Waals surface area contributed by atoms with Crippen LogP contribution in [0.2, 0.25) is 0 Å². The lowest BCUT2D eigenvalue weighted by molar-refractivity contribution is -0.131. The molecule has 4 aromatic rings. The second-order valence-corrected chi connectivity index (χ2v) is 7.75. The Labute approximate surface area is 183 Å². The monoisotopic (exact) mass is 428 g/mol. The molecule has 1 saturated heterocycles. The SMILES string of the molecule is COc1cccc(-c2noc(CN3C(=O)N[C@@](C)(c4ccc5ccccc5c4)C3=O)n2)c1. The van der Waals surface area contributed by atoms with Gasteiger partial charge in [-0.25, -0.2) is 4.79 Å². The Balaban J connectivity index is 1.40. The lowest BCUT2D eigenvalue weighted by atomic mass is 9.90. The number of rotatable bonds is 5. The molecule has 1 aromatic heterocycles. The molecular weight excluding hydrogens is 408 g/mol. The van der Waals surface area contributed by atoms with Gasteiger partial charge < -0.3 is 14.6 Å². The van der Waals surface area contributed by atoms with Gasteiger partial charge in [-0.1, -0.05) is 53.7 Å². The number of urea groups is 1. The predicted octanol–water partition coefficient (Wildman–Crippen LogP) is 3.87. The van der Waals surface area contributed by atoms with Crippen LogP contribution in [-0.4, -0.2) is 34.1 Å². The predicted molar refractivity (Wildman–Crippen MR) is 117 cm³/mol. The van der Waals surface area contributed by atoms with E-state index in [4.69, 9.17) is 9.26 Å². The first kappa shape index (κ1) is 19.7. The molecule has 1 fully saturated rings. The number of ether oxygens (including phenoxy) is 1. The van der Waals surface area contributed by atoms with E-state index in [-0.39, 0.29) is 18.3 Å². The van der Waals surface area contributed by atoms with E-state index in [2.05, 4.69) is 15.5 Å². The molecule has 0 aliphatic carbocycles. The maximum atomic E-state index is 13.3. The largest absolute Gasteiger partial charge is 0.497 e. The molecule has 2 heterocycles. The summed E-state index contributed by atoms with van der Waals surface area (Å²) in [4.78, 5) is 31.4. The van der Waals surface area contributed by atoms with Crippen molar-refractivity contribution < 1.29 is 18.8 Å². The summed E-state index contributed by atoms with van der Waals surface area (Å²) in [5, 5.41) is 8.84. The number of amides is 3. The molecule has 0 unspecified atom stereocenters. The van der Waals surface area contributed by atoms with Gasteiger partial charge in [0.2, 0.25) is 11.7 Å². The zero-order chi connectivity index (χ0) is 22.3. The second kappa shape index (κ2) is 7.49. The quantitative estimate of drug-likeness (QED) is 0.485. The Hall–Kier alpha value is -4.20. The molecule has 8 nitrogen and oxygen atoms in total. The summed E-state index contributed by atoms with van der Waals surface area (Å²) < 4.78 is 10.5. The summed E-state index contributed by atoms with van der Waals surface area (Å²) in [7, 11) is 1.57. The highest BCUT2D eigenvalue weighted by Gasteiger charge is 2.49. The third-order valence-corrected chi connectivity index (χ3v) is 5.69. The molecule has 0 bridgehead atoms. The molecule has 3 aromatic carbocycles. The van der Waals surface area contributed by atoms with Gasteiger partial charge in [-0.3, -0.25) is 9.69 Å². The van der Waals surface area contributed by atoms with Crippen LogP contribution in [0.15, 0.2) is 71.3 Å². The van der Waals surface area contributed by atoms with E-state index >= 15 is 0 Å². The summed E-state index contributed by atoms with van der Waals surface area (Å²) in [5.74, 6) is 0.797. The van der Waals surface area contributed by atoms with Gasteiger partial charge in [-0.15, -0.1) is 0 Å². The zero-order valence-corrected chi connectivity index (χ0v) is 17.5. The number of fused-ring (bicyclic) bond motifs is 1. The van der Waals surface area contributed by atoms with Gasteiger partial charge in [-0.2, -0.15) is 4.98 Å². The van der Waals surface area contributed by atoms with Crippen molar-refractivity contribution in [3.63, 3.8) is 0 Å². The normalized spacial score (nSPS) is 18.2. The van der Waals surface area contributed by atoms with Crippen molar-refractivity contribution in [2.75, 3.05) is 7.11 Å². The van der Waals surface area contributed by atoms with Crippen molar-refractivity contribution in [1.82, 2.24) is 20.4 Å². The smallest absolute Gasteiger partial charge is 0.325 e. The molecule has 1 atom stereocenters. The second-order valence-electron chi connectivity index (χ2n) is 7.75. The van der Waals surface area contributed by atoms with Crippen LogP contribution in [0.25, 0.3) is 22.2 Å². The van der Waals surface area contributed by atoms with E-state index in [0.717, 1.165) is 15.7 Å². The van der Waals surface area contributed by atoms with E-state index in [0.29, 0.717) is 22.7 Å². The fourth-order valence-electron chi connectivity index (χ4n) is 3.87. The summed E-state index contributed by atoms with van der Waals surface area (Å²) >= 11 is 0. The number of hydrogen-bond acceptors (Lipinski definition) is 6. The topological polar surface area (TPSA) is 97.6 Å². The number of imide groups is 1. The van der Waals surface area contributed by atoms with Gasteiger partial charge in [0.25, 0.3) is 5.91 Å². The molecule has 160 valence electrons. The van der Waals surface area contributed by atoms with E-state index in [9.17, 15) is 9.59 Å². The van der Waals surface area contributed by atoms with Gasteiger partial charge in [0, 0.05) is 5.56 Å². The lowest BCUT2D eigenvalue weighted by Crippen LogP contribution is -2.40. The molecule has 5 rings (SSSR count). The minimum Gasteiger partial charge on any atom is -0.497 e. The maximum absolute atomic E-state index is 13.3. The number of benzene rings is 3. The summed E-state index contributed by atoms with van der Waals surface area (Å²) in [6.45, 7) is 1.58. The Bertz CT molecular complexity index is 1350. The molecule has 1 aliphatic heterocycles. The van der Waals surface area contributed by atoms with Crippen LogP contribution in [0.5, 0.6) is 5.75 Å². The fourth-order valence-corrected chi connectivity index (χ4v) is 3.87. The first-order valence-electron chi connectivity index (χ1n) is 10.1. The van der Waals surface area contributed by atoms with Crippen molar-refractivity contribution in [3.05, 3.63) is 78.2 Å². The summed E-state index contributed by atoms with van der Waals surface area (Å²) in [5.41, 5.74) is 0.230. The first-order valence-corrected chi connectivity index (χ1v) is 10.1. The standard InChI is InChI=1S/C24H20N4O4/c1-24(18-11-10-15-6-3-4-7-16(15)12-18)22(29)28(23(30)26-24)14-20-25-21(27-32-20)17-8-5-9-19(13-17)31-2/h3-13H,14H2,1-2H3,(H,26,30)/t24-/m0/s1. The number of nitrogens with zero attached hydrogens (tertiary/aromatic N) is 3. The zero-order valence-electron chi connectivity index (χ0n) is 17.5. The molecule has 0 spiro atoms. The molecular formula is C24H20N4O4. The van der Waals surface area contributed by atoms with Crippen molar-refractivity contribution in [1.29, 1.82) is 0 Å². The third kappa shape index (κ3) is 3.26. The average molecular weight is 428 g/mol. The van der Waals surface area contributed by atoms with Crippen LogP contribution in [0.1, 0.15) is 18.4 Å². The van der Waals surface area contributed by atoms with Crippen LogP contribution in [0.3, 0.4) is 0 Å². The number of carbonyl (C=O) groups is 2. The van der Waals surface area contributed by atoms with E-state index in [1.54, 1.807) is 20.1 Å². The van der Waals surface area contributed by atoms with E-state index in [1.807, 2.05) is 60.7 Å². The highest BCUT2D eigenvalue weighted by Crippen LogP contribution is 2.32. The minimum atomic E-state index is -1.18. The first-order chi connectivity index (χ1) is 15.5. The van der Waals surface area contributed by atoms with Crippen LogP contribution in [0.4, 0.5) is 4.79 Å². The molecule has 1 aliphatic rings. The minimum absolute atomic E-state index is 0.120. The molecule has 1 N–H and O–H groups in total. The lowest BCUT2D eigenvalue weighted by Gasteiger charge is -2.22. The van der Waals surface area contributed by atoms with Crippen LogP contribution >= 0.6 is 0 Å². The Morgan fingerprint density at radius 3 is 2.66 bits per heavy atom. The van der Waals surface area contributed by atoms with Crippen molar-refractivity contribution >= 4 is 22.7 Å². The van der Waals surface area contributed by atoms with E-state index in [1.165, 1.54) is 0 Å². The molecule has 32 heavy (non-hydrogen) atoms. The van der Waals surface area contributed by atoms with Gasteiger partial charge in [-0.05, 0) is 41.5 Å². The van der Waals surface area contributed by atoms with E-state index < -0.39 is 11.6 Å². The fraction of sp³-hybridized carbons (Fsp3) is 0.167. The molecule has 0 saturated carbocycles. The van der Waals surface area contributed by atoms with Gasteiger partial charge in [0.05, 0.1) is 7.11 Å². The Morgan fingerprint density at radius 2 is 1.84 bits per heavy atom. The molecule has 8 heteroatoms. The highest BCUT2D eigenvalue weighted by atomic mass is 16.5. The summed E-state index contributed by atoms with van der Waals surface area (Å²) in [6.07, 6.45) is 0. The number of methoxy groups -OCH3 is 1. The van der Waals surface area contributed by atoms with Crippen molar-refractivity contribution in [2.45, 2.75) is 19.0 Å². The van der Waals surface area contributed by atoms with Crippen molar-refractivity contribution in [2.24, 2.45) is 0 Å². The van der Waals surface area contributed by atoms with Crippen molar-refractivity contribution in [3.8, 4) is 17.1 Å². The molecule has 3 amide bonds. The van der Waals surface area contributed by atoms with Crippen LogP contribution < -0.4 is 10.1 Å². The van der Waals surface area contributed by atoms with Crippen LogP contribution in [0, 0.1) is 0 Å². The van der Waals surface area contributed by atoms with Gasteiger partial charge in [0.1, 0.15) is 17.8 Å². The Kier molecular flexibility index (Phi) is 4.62. The van der Waals surface area contributed by atoms with Gasteiger partial charge >= 0.3 is 6.03 Å². The highest BCUT2D eigenvalue weighted by molar-refractivity contribution is 6.07. The number of hydrogen-bond donors (Lipinski definition) is 1. The van der Waals surface area contributed by atoms with Gasteiger partial charge in [0.15, 0.2) is 0 Å². The number of aromatic nitrogens is 2.